The lowest BCUT2D eigenvalue weighted by Gasteiger charge is -2.24. The van der Waals surface area contributed by atoms with Crippen LogP contribution in [0.25, 0.3) is 0 Å². The molecule has 2 aliphatic rings. The van der Waals surface area contributed by atoms with Gasteiger partial charge < -0.3 is 15.6 Å². The molecule has 0 unspecified atom stereocenters. The van der Waals surface area contributed by atoms with Gasteiger partial charge >= 0.3 is 11.9 Å². The van der Waals surface area contributed by atoms with Gasteiger partial charge in [-0.2, -0.15) is 0 Å². The zero-order chi connectivity index (χ0) is 15.2. The van der Waals surface area contributed by atoms with E-state index in [4.69, 9.17) is 15.6 Å². The number of esters is 1. The van der Waals surface area contributed by atoms with Gasteiger partial charge in [0.25, 0.3) is 0 Å². The van der Waals surface area contributed by atoms with Gasteiger partial charge in [-0.1, -0.05) is 12.1 Å². The van der Waals surface area contributed by atoms with Crippen LogP contribution < -0.4 is 5.73 Å². The number of halogens is 1. The van der Waals surface area contributed by atoms with Crippen molar-refractivity contribution in [3.05, 3.63) is 35.6 Å². The molecule has 2 aliphatic carbocycles. The molecule has 0 radical (unpaired) electrons. The third-order valence-corrected chi connectivity index (χ3v) is 4.58. The van der Waals surface area contributed by atoms with Crippen molar-refractivity contribution in [3.8, 4) is 0 Å². The zero-order valence-electron chi connectivity index (χ0n) is 11.3. The lowest BCUT2D eigenvalue weighted by molar-refractivity contribution is -0.153. The summed E-state index contributed by atoms with van der Waals surface area (Å²) in [5, 5.41) is 9.06. The summed E-state index contributed by atoms with van der Waals surface area (Å²) in [5.41, 5.74) is 5.41. The first kappa shape index (κ1) is 14.0. The van der Waals surface area contributed by atoms with Gasteiger partial charge in [0.05, 0.1) is 5.92 Å². The number of carboxylic acids is 1. The molecule has 21 heavy (non-hydrogen) atoms. The molecule has 5 nitrogen and oxygen atoms in total. The second kappa shape index (κ2) is 4.80. The van der Waals surface area contributed by atoms with Crippen LogP contribution in [0.1, 0.15) is 18.4 Å². The van der Waals surface area contributed by atoms with E-state index in [0.29, 0.717) is 18.4 Å². The van der Waals surface area contributed by atoms with Crippen LogP contribution in [0, 0.1) is 23.6 Å². The van der Waals surface area contributed by atoms with Gasteiger partial charge in [0.15, 0.2) is 0 Å². The van der Waals surface area contributed by atoms with Gasteiger partial charge in [0.1, 0.15) is 18.0 Å². The fourth-order valence-electron chi connectivity index (χ4n) is 3.49. The number of carbonyl (C=O) groups is 2. The van der Waals surface area contributed by atoms with Gasteiger partial charge in [-0.25, -0.2) is 4.39 Å². The Bertz CT molecular complexity index is 605. The average Bonchev–Trinajstić information content (AvgIpc) is 3.09. The Balaban J connectivity index is 1.64. The first-order valence-corrected chi connectivity index (χ1v) is 6.87. The summed E-state index contributed by atoms with van der Waals surface area (Å²) in [6.45, 7) is -0.0648. The van der Waals surface area contributed by atoms with E-state index in [-0.39, 0.29) is 18.4 Å². The number of carboxylic acid groups (broad SMARTS) is 1. The van der Waals surface area contributed by atoms with E-state index in [9.17, 15) is 14.0 Å². The minimum Gasteiger partial charge on any atom is -0.481 e. The highest BCUT2D eigenvalue weighted by Crippen LogP contribution is 2.61. The van der Waals surface area contributed by atoms with Crippen LogP contribution in [0.15, 0.2) is 24.3 Å². The number of carbonyl (C=O) groups excluding carboxylic acids is 1. The van der Waals surface area contributed by atoms with E-state index in [2.05, 4.69) is 0 Å². The number of ether oxygens (including phenoxy) is 1. The summed E-state index contributed by atoms with van der Waals surface area (Å²) >= 11 is 0. The van der Waals surface area contributed by atoms with Crippen LogP contribution in [0.2, 0.25) is 0 Å². The first-order valence-electron chi connectivity index (χ1n) is 6.87. The Morgan fingerprint density at radius 1 is 1.48 bits per heavy atom. The van der Waals surface area contributed by atoms with Gasteiger partial charge in [0, 0.05) is 5.92 Å². The lowest BCUT2D eigenvalue weighted by atomic mass is 9.91. The van der Waals surface area contributed by atoms with Crippen molar-refractivity contribution in [1.29, 1.82) is 0 Å². The van der Waals surface area contributed by atoms with Crippen molar-refractivity contribution in [3.63, 3.8) is 0 Å². The SMILES string of the molecule is N[C@@]1(C(=O)OCc2cccc(F)c2)CC[C@H]2[C@H](C(=O)O)[C@H]21. The van der Waals surface area contributed by atoms with E-state index in [1.54, 1.807) is 6.07 Å². The van der Waals surface area contributed by atoms with Crippen LogP contribution in [0.4, 0.5) is 4.39 Å². The fraction of sp³-hybridized carbons (Fsp3) is 0.467. The largest absolute Gasteiger partial charge is 0.481 e. The molecule has 0 heterocycles. The Morgan fingerprint density at radius 2 is 2.24 bits per heavy atom. The minimum absolute atomic E-state index is 0.0192. The Labute approximate surface area is 120 Å². The normalized spacial score (nSPS) is 33.3. The predicted octanol–water partition coefficient (Wildman–Crippen LogP) is 1.31. The maximum atomic E-state index is 13.0. The molecule has 1 aromatic rings. The smallest absolute Gasteiger partial charge is 0.326 e. The summed E-state index contributed by atoms with van der Waals surface area (Å²) in [6.07, 6.45) is 1.07. The highest BCUT2D eigenvalue weighted by atomic mass is 19.1. The summed E-state index contributed by atoms with van der Waals surface area (Å²) in [7, 11) is 0. The Hall–Kier alpha value is -1.95. The number of hydrogen-bond donors (Lipinski definition) is 2. The molecule has 1 aromatic carbocycles. The van der Waals surface area contributed by atoms with Gasteiger partial charge in [0.2, 0.25) is 0 Å². The molecule has 4 atom stereocenters. The predicted molar refractivity (Wildman–Crippen MR) is 70.5 cm³/mol. The lowest BCUT2D eigenvalue weighted by Crippen LogP contribution is -2.50. The Morgan fingerprint density at radius 3 is 2.86 bits per heavy atom. The topological polar surface area (TPSA) is 89.6 Å². The molecule has 0 saturated heterocycles. The van der Waals surface area contributed by atoms with E-state index >= 15 is 0 Å². The fourth-order valence-corrected chi connectivity index (χ4v) is 3.49. The van der Waals surface area contributed by atoms with Crippen molar-refractivity contribution >= 4 is 11.9 Å². The van der Waals surface area contributed by atoms with Gasteiger partial charge in [-0.05, 0) is 36.5 Å². The van der Waals surface area contributed by atoms with Crippen molar-refractivity contribution in [2.75, 3.05) is 0 Å². The molecule has 3 N–H and O–H groups in total. The molecule has 2 fully saturated rings. The van der Waals surface area contributed by atoms with Crippen LogP contribution in [-0.4, -0.2) is 22.6 Å². The summed E-state index contributed by atoms with van der Waals surface area (Å²) in [6, 6.07) is 5.77. The van der Waals surface area contributed by atoms with E-state index in [1.807, 2.05) is 0 Å². The summed E-state index contributed by atoms with van der Waals surface area (Å²) in [5.74, 6) is -2.80. The van der Waals surface area contributed by atoms with Crippen molar-refractivity contribution in [2.45, 2.75) is 25.0 Å². The maximum Gasteiger partial charge on any atom is 0.326 e. The quantitative estimate of drug-likeness (QED) is 0.817. The number of aliphatic carboxylic acids is 1. The molecule has 0 spiro atoms. The van der Waals surface area contributed by atoms with Gasteiger partial charge in [-0.15, -0.1) is 0 Å². The van der Waals surface area contributed by atoms with Crippen LogP contribution >= 0.6 is 0 Å². The molecular formula is C15H16FNO4. The highest BCUT2D eigenvalue weighted by molar-refractivity contribution is 5.86. The molecule has 0 aliphatic heterocycles. The number of rotatable bonds is 4. The average molecular weight is 293 g/mol. The highest BCUT2D eigenvalue weighted by Gasteiger charge is 2.70. The van der Waals surface area contributed by atoms with Crippen molar-refractivity contribution in [2.24, 2.45) is 23.5 Å². The molecule has 0 amide bonds. The second-order valence-electron chi connectivity index (χ2n) is 5.84. The third-order valence-electron chi connectivity index (χ3n) is 4.58. The molecule has 0 aromatic heterocycles. The van der Waals surface area contributed by atoms with Crippen LogP contribution in [0.5, 0.6) is 0 Å². The Kier molecular flexibility index (Phi) is 3.20. The second-order valence-corrected chi connectivity index (χ2v) is 5.84. The maximum absolute atomic E-state index is 13.0. The number of hydrogen-bond acceptors (Lipinski definition) is 4. The summed E-state index contributed by atoms with van der Waals surface area (Å²) in [4.78, 5) is 23.2. The number of nitrogens with two attached hydrogens (primary N) is 1. The third kappa shape index (κ3) is 2.29. The van der Waals surface area contributed by atoms with Gasteiger partial charge in [-0.3, -0.25) is 9.59 Å². The minimum atomic E-state index is -1.22. The number of benzene rings is 1. The molecular weight excluding hydrogens is 277 g/mol. The standard InChI is InChI=1S/C15H16FNO4/c16-9-3-1-2-8(6-9)7-21-14(20)15(17)5-4-10-11(12(10)15)13(18)19/h1-3,6,10-12H,4-5,7,17H2,(H,18,19)/t10-,11-,12-,15-/m0/s1. The molecule has 6 heteroatoms. The van der Waals surface area contributed by atoms with Crippen molar-refractivity contribution < 1.29 is 23.8 Å². The van der Waals surface area contributed by atoms with Crippen LogP contribution in [0.3, 0.4) is 0 Å². The first-order chi connectivity index (χ1) is 9.93. The monoisotopic (exact) mass is 293 g/mol. The summed E-state index contributed by atoms with van der Waals surface area (Å²) < 4.78 is 18.2. The molecule has 0 bridgehead atoms. The molecule has 112 valence electrons. The van der Waals surface area contributed by atoms with E-state index in [1.165, 1.54) is 18.2 Å². The van der Waals surface area contributed by atoms with E-state index in [0.717, 1.165) is 0 Å². The molecule has 3 rings (SSSR count). The molecule has 2 saturated carbocycles. The van der Waals surface area contributed by atoms with E-state index < -0.39 is 29.2 Å². The van der Waals surface area contributed by atoms with Crippen molar-refractivity contribution in [1.82, 2.24) is 0 Å². The number of fused-ring (bicyclic) bond motifs is 1. The zero-order valence-corrected chi connectivity index (χ0v) is 11.3. The van der Waals surface area contributed by atoms with Crippen LogP contribution in [-0.2, 0) is 20.9 Å².